The lowest BCUT2D eigenvalue weighted by atomic mass is 10.2. The predicted octanol–water partition coefficient (Wildman–Crippen LogP) is 0.115. The lowest BCUT2D eigenvalue weighted by Gasteiger charge is -2.24. The standard InChI is InChI=1S/C16H22N2O7S3/c1-11-8-13(18-16(19)12(2)9-27(18,22)23)4-5-15(11)28(24,25)17(3)14-6-7-26(20,21)10-14/h4-5,8,12,14H,6-7,9-10H2,1-3H3/t12-,14-/m0/s1. The Labute approximate surface area is 165 Å². The van der Waals surface area contributed by atoms with Crippen LogP contribution in [0.15, 0.2) is 23.1 Å². The van der Waals surface area contributed by atoms with Crippen LogP contribution in [0.4, 0.5) is 5.69 Å². The summed E-state index contributed by atoms with van der Waals surface area (Å²) in [5.41, 5.74) is 0.365. The number of carbonyl (C=O) groups is 1. The number of benzene rings is 1. The number of aryl methyl sites for hydroxylation is 1. The Bertz CT molecular complexity index is 1140. The second-order valence-electron chi connectivity index (χ2n) is 7.31. The number of sulfone groups is 1. The van der Waals surface area contributed by atoms with Crippen LogP contribution in [0.1, 0.15) is 18.9 Å². The van der Waals surface area contributed by atoms with E-state index in [1.165, 1.54) is 39.1 Å². The minimum Gasteiger partial charge on any atom is -0.273 e. The normalized spacial score (nSPS) is 26.9. The maximum atomic E-state index is 13.0. The molecular formula is C16H22N2O7S3. The van der Waals surface area contributed by atoms with Gasteiger partial charge in [-0.3, -0.25) is 4.79 Å². The van der Waals surface area contributed by atoms with Gasteiger partial charge in [0.15, 0.2) is 9.84 Å². The molecule has 0 radical (unpaired) electrons. The second kappa shape index (κ2) is 6.78. The van der Waals surface area contributed by atoms with Gasteiger partial charge in [-0.2, -0.15) is 4.31 Å². The minimum absolute atomic E-state index is 0.0530. The molecule has 9 nitrogen and oxygen atoms in total. The fraction of sp³-hybridized carbons (Fsp3) is 0.562. The molecule has 156 valence electrons. The summed E-state index contributed by atoms with van der Waals surface area (Å²) in [6.45, 7) is 3.03. The van der Waals surface area contributed by atoms with Crippen molar-refractivity contribution in [1.82, 2.24) is 4.31 Å². The van der Waals surface area contributed by atoms with Gasteiger partial charge in [-0.1, -0.05) is 6.92 Å². The quantitative estimate of drug-likeness (QED) is 0.637. The first-order chi connectivity index (χ1) is 12.8. The second-order valence-corrected chi connectivity index (χ2v) is 13.4. The van der Waals surface area contributed by atoms with E-state index in [1.807, 2.05) is 0 Å². The van der Waals surface area contributed by atoms with Crippen molar-refractivity contribution >= 4 is 41.5 Å². The molecular weight excluding hydrogens is 428 g/mol. The van der Waals surface area contributed by atoms with Crippen LogP contribution in [-0.2, 0) is 34.7 Å². The van der Waals surface area contributed by atoms with Gasteiger partial charge in [0.2, 0.25) is 26.0 Å². The third-order valence-corrected chi connectivity index (χ3v) is 10.8. The number of nitrogens with zero attached hydrogens (tertiary/aromatic N) is 2. The van der Waals surface area contributed by atoms with Crippen molar-refractivity contribution in [1.29, 1.82) is 0 Å². The van der Waals surface area contributed by atoms with Gasteiger partial charge in [-0.25, -0.2) is 29.6 Å². The Morgan fingerprint density at radius 3 is 2.25 bits per heavy atom. The molecule has 12 heteroatoms. The molecule has 2 heterocycles. The number of rotatable bonds is 4. The molecule has 0 spiro atoms. The van der Waals surface area contributed by atoms with Crippen LogP contribution in [0.3, 0.4) is 0 Å². The van der Waals surface area contributed by atoms with Gasteiger partial charge >= 0.3 is 0 Å². The lowest BCUT2D eigenvalue weighted by molar-refractivity contribution is -0.119. The largest absolute Gasteiger partial charge is 0.273 e. The zero-order valence-corrected chi connectivity index (χ0v) is 18.1. The average Bonchev–Trinajstić information content (AvgIpc) is 3.02. The van der Waals surface area contributed by atoms with Crippen molar-refractivity contribution in [2.45, 2.75) is 31.2 Å². The van der Waals surface area contributed by atoms with Crippen molar-refractivity contribution in [2.75, 3.05) is 28.6 Å². The molecule has 1 aromatic rings. The maximum Gasteiger partial charge on any atom is 0.244 e. The molecule has 1 amide bonds. The average molecular weight is 451 g/mol. The van der Waals surface area contributed by atoms with Crippen LogP contribution in [0.2, 0.25) is 0 Å². The van der Waals surface area contributed by atoms with Crippen LogP contribution in [0.5, 0.6) is 0 Å². The molecule has 0 N–H and O–H groups in total. The van der Waals surface area contributed by atoms with Crippen molar-refractivity contribution in [3.05, 3.63) is 23.8 Å². The van der Waals surface area contributed by atoms with Crippen LogP contribution in [-0.4, -0.2) is 65.8 Å². The fourth-order valence-electron chi connectivity index (χ4n) is 3.55. The van der Waals surface area contributed by atoms with Crippen molar-refractivity contribution in [3.8, 4) is 0 Å². The first kappa shape index (κ1) is 21.2. The minimum atomic E-state index is -3.98. The first-order valence-electron chi connectivity index (χ1n) is 8.62. The van der Waals surface area contributed by atoms with Crippen LogP contribution >= 0.6 is 0 Å². The molecule has 2 aliphatic heterocycles. The van der Waals surface area contributed by atoms with Gasteiger partial charge in [0, 0.05) is 13.1 Å². The summed E-state index contributed by atoms with van der Waals surface area (Å²) in [7, 11) is -9.68. The highest BCUT2D eigenvalue weighted by Crippen LogP contribution is 2.32. The maximum absolute atomic E-state index is 13.0. The molecule has 1 aromatic carbocycles. The third-order valence-electron chi connectivity index (χ3n) is 5.13. The third kappa shape index (κ3) is 3.58. The van der Waals surface area contributed by atoms with Crippen LogP contribution in [0, 0.1) is 12.8 Å². The van der Waals surface area contributed by atoms with Gasteiger partial charge in [0.05, 0.1) is 33.8 Å². The van der Waals surface area contributed by atoms with E-state index in [0.717, 1.165) is 4.31 Å². The number of amides is 1. The Hall–Kier alpha value is -1.50. The van der Waals surface area contributed by atoms with Crippen molar-refractivity contribution in [3.63, 3.8) is 0 Å². The van der Waals surface area contributed by atoms with E-state index in [2.05, 4.69) is 0 Å². The van der Waals surface area contributed by atoms with Crippen molar-refractivity contribution < 1.29 is 30.0 Å². The Morgan fingerprint density at radius 2 is 1.79 bits per heavy atom. The molecule has 0 aliphatic carbocycles. The summed E-state index contributed by atoms with van der Waals surface area (Å²) in [5.74, 6) is -1.78. The molecule has 0 unspecified atom stereocenters. The number of carbonyl (C=O) groups excluding carboxylic acids is 1. The summed E-state index contributed by atoms with van der Waals surface area (Å²) in [4.78, 5) is 12.2. The summed E-state index contributed by atoms with van der Waals surface area (Å²) < 4.78 is 75.5. The zero-order valence-electron chi connectivity index (χ0n) is 15.7. The lowest BCUT2D eigenvalue weighted by Crippen LogP contribution is -2.38. The van der Waals surface area contributed by atoms with Gasteiger partial charge in [-0.05, 0) is 37.1 Å². The molecule has 2 atom stereocenters. The van der Waals surface area contributed by atoms with E-state index in [-0.39, 0.29) is 39.8 Å². The highest BCUT2D eigenvalue weighted by molar-refractivity contribution is 7.94. The van der Waals surface area contributed by atoms with Gasteiger partial charge in [0.1, 0.15) is 0 Å². The zero-order chi connectivity index (χ0) is 21.1. The van der Waals surface area contributed by atoms with Crippen LogP contribution in [0.25, 0.3) is 0 Å². The molecule has 3 rings (SSSR count). The molecule has 2 aliphatic rings. The summed E-state index contributed by atoms with van der Waals surface area (Å²) >= 11 is 0. The summed E-state index contributed by atoms with van der Waals surface area (Å²) in [6, 6.07) is 3.24. The van der Waals surface area contributed by atoms with Gasteiger partial charge in [0.25, 0.3) is 0 Å². The SMILES string of the molecule is Cc1cc(N2C(=O)[C@@H](C)CS2(=O)=O)ccc1S(=O)(=O)N(C)[C@H]1CCS(=O)(=O)C1. The smallest absolute Gasteiger partial charge is 0.244 e. The van der Waals surface area contributed by atoms with E-state index < -0.39 is 47.8 Å². The van der Waals surface area contributed by atoms with E-state index >= 15 is 0 Å². The number of sulfonamides is 2. The molecule has 28 heavy (non-hydrogen) atoms. The molecule has 2 fully saturated rings. The summed E-state index contributed by atoms with van der Waals surface area (Å²) in [5, 5.41) is 0. The van der Waals surface area contributed by atoms with E-state index in [4.69, 9.17) is 0 Å². The Morgan fingerprint density at radius 1 is 1.14 bits per heavy atom. The predicted molar refractivity (Wildman–Crippen MR) is 104 cm³/mol. The molecule has 0 aromatic heterocycles. The summed E-state index contributed by atoms with van der Waals surface area (Å²) in [6.07, 6.45) is 0.230. The van der Waals surface area contributed by atoms with Crippen LogP contribution < -0.4 is 4.31 Å². The first-order valence-corrected chi connectivity index (χ1v) is 13.5. The Balaban J connectivity index is 1.95. The highest BCUT2D eigenvalue weighted by atomic mass is 32.2. The van der Waals surface area contributed by atoms with Crippen molar-refractivity contribution in [2.24, 2.45) is 5.92 Å². The molecule has 0 saturated carbocycles. The molecule has 0 bridgehead atoms. The van der Waals surface area contributed by atoms with E-state index in [1.54, 1.807) is 0 Å². The number of anilines is 1. The Kier molecular flexibility index (Phi) is 5.14. The van der Waals surface area contributed by atoms with Gasteiger partial charge in [-0.15, -0.1) is 0 Å². The van der Waals surface area contributed by atoms with E-state index in [9.17, 15) is 30.0 Å². The van der Waals surface area contributed by atoms with Gasteiger partial charge < -0.3 is 0 Å². The molecule has 2 saturated heterocycles. The topological polar surface area (TPSA) is 126 Å². The number of hydrogen-bond acceptors (Lipinski definition) is 7. The van der Waals surface area contributed by atoms with E-state index in [0.29, 0.717) is 4.31 Å². The number of hydrogen-bond donors (Lipinski definition) is 0. The fourth-order valence-corrected chi connectivity index (χ4v) is 8.82. The highest BCUT2D eigenvalue weighted by Gasteiger charge is 2.42. The monoisotopic (exact) mass is 450 g/mol.